The summed E-state index contributed by atoms with van der Waals surface area (Å²) >= 11 is 0. The number of carbonyl (C=O) groups is 2. The van der Waals surface area contributed by atoms with E-state index in [1.54, 1.807) is 0 Å². The van der Waals surface area contributed by atoms with E-state index in [-0.39, 0.29) is 11.8 Å². The van der Waals surface area contributed by atoms with Gasteiger partial charge >= 0.3 is 0 Å². The smallest absolute Gasteiger partial charge is 0.136 e. The van der Waals surface area contributed by atoms with E-state index in [1.807, 2.05) is 6.92 Å². The lowest BCUT2D eigenvalue weighted by Crippen LogP contribution is -2.21. The fraction of sp³-hybridized carbons (Fsp3) is 0.900. The maximum absolute atomic E-state index is 12.4. The summed E-state index contributed by atoms with van der Waals surface area (Å²) in [5.41, 5.74) is 0. The van der Waals surface area contributed by atoms with Crippen molar-refractivity contribution in [2.75, 3.05) is 0 Å². The maximum atomic E-state index is 12.4. The summed E-state index contributed by atoms with van der Waals surface area (Å²) in [5.74, 6) is 1.03. The van der Waals surface area contributed by atoms with E-state index in [9.17, 15) is 9.59 Å². The zero-order chi connectivity index (χ0) is 16.8. The van der Waals surface area contributed by atoms with Crippen LogP contribution in [0, 0.1) is 17.8 Å². The van der Waals surface area contributed by atoms with Gasteiger partial charge in [0.05, 0.1) is 0 Å². The van der Waals surface area contributed by atoms with Crippen LogP contribution in [0.15, 0.2) is 0 Å². The average molecular weight is 311 g/mol. The molecular weight excluding hydrogens is 272 g/mol. The molecule has 0 amide bonds. The third-order valence-corrected chi connectivity index (χ3v) is 4.66. The molecule has 0 bridgehead atoms. The van der Waals surface area contributed by atoms with Crippen LogP contribution in [0.5, 0.6) is 0 Å². The molecule has 0 rings (SSSR count). The molecule has 0 aromatic rings. The number of carbonyl (C=O) groups excluding carboxylic acids is 2. The molecule has 0 radical (unpaired) electrons. The fourth-order valence-electron chi connectivity index (χ4n) is 3.00. The van der Waals surface area contributed by atoms with Crippen molar-refractivity contribution in [2.45, 2.75) is 98.3 Å². The van der Waals surface area contributed by atoms with Crippen molar-refractivity contribution >= 4 is 12.1 Å². The Bertz CT molecular complexity index is 283. The van der Waals surface area contributed by atoms with Crippen LogP contribution in [-0.4, -0.2) is 12.1 Å². The van der Waals surface area contributed by atoms with Gasteiger partial charge in [0.1, 0.15) is 12.1 Å². The van der Waals surface area contributed by atoms with E-state index >= 15 is 0 Å². The molecule has 0 heterocycles. The van der Waals surface area contributed by atoms with Gasteiger partial charge in [-0.3, -0.25) is 4.79 Å². The summed E-state index contributed by atoms with van der Waals surface area (Å²) in [5, 5.41) is 0. The lowest BCUT2D eigenvalue weighted by atomic mass is 9.83. The van der Waals surface area contributed by atoms with Crippen molar-refractivity contribution in [3.8, 4) is 0 Å². The molecule has 0 fully saturated rings. The number of hydrogen-bond donors (Lipinski definition) is 0. The molecule has 0 saturated carbocycles. The number of unbranched alkanes of at least 4 members (excludes halogenated alkanes) is 7. The number of ketones is 1. The van der Waals surface area contributed by atoms with Crippen LogP contribution in [0.3, 0.4) is 0 Å². The van der Waals surface area contributed by atoms with Gasteiger partial charge < -0.3 is 4.79 Å². The summed E-state index contributed by atoms with van der Waals surface area (Å²) in [7, 11) is 0. The SMILES string of the molecule is CCCCCCCCCCC(=O)C(CCC(C)C=O)C(C)C. The highest BCUT2D eigenvalue weighted by Gasteiger charge is 2.21. The molecule has 2 heteroatoms. The molecule has 2 nitrogen and oxygen atoms in total. The Morgan fingerprint density at radius 3 is 1.91 bits per heavy atom. The van der Waals surface area contributed by atoms with Crippen LogP contribution >= 0.6 is 0 Å². The minimum atomic E-state index is 0.0807. The topological polar surface area (TPSA) is 34.1 Å². The van der Waals surface area contributed by atoms with E-state index in [1.165, 1.54) is 44.9 Å². The maximum Gasteiger partial charge on any atom is 0.136 e. The Morgan fingerprint density at radius 2 is 1.41 bits per heavy atom. The second kappa shape index (κ2) is 14.0. The predicted octanol–water partition coefficient (Wildman–Crippen LogP) is 5.97. The van der Waals surface area contributed by atoms with E-state index in [4.69, 9.17) is 0 Å². The number of Topliss-reactive ketones (excluding diaryl/α,β-unsaturated/α-hetero) is 1. The summed E-state index contributed by atoms with van der Waals surface area (Å²) in [6, 6.07) is 0. The second-order valence-corrected chi connectivity index (χ2v) is 7.23. The van der Waals surface area contributed by atoms with Gasteiger partial charge in [-0.25, -0.2) is 0 Å². The highest BCUT2D eigenvalue weighted by molar-refractivity contribution is 5.81. The molecule has 0 aliphatic carbocycles. The molecule has 0 saturated heterocycles. The van der Waals surface area contributed by atoms with Gasteiger partial charge in [-0.15, -0.1) is 0 Å². The van der Waals surface area contributed by atoms with Crippen molar-refractivity contribution in [2.24, 2.45) is 17.8 Å². The number of rotatable bonds is 15. The van der Waals surface area contributed by atoms with Crippen LogP contribution in [0.4, 0.5) is 0 Å². The quantitative estimate of drug-likeness (QED) is 0.276. The van der Waals surface area contributed by atoms with Crippen LogP contribution < -0.4 is 0 Å². The van der Waals surface area contributed by atoms with Gasteiger partial charge in [0.2, 0.25) is 0 Å². The van der Waals surface area contributed by atoms with E-state index in [2.05, 4.69) is 20.8 Å². The van der Waals surface area contributed by atoms with Crippen LogP contribution in [0.1, 0.15) is 98.3 Å². The first-order valence-corrected chi connectivity index (χ1v) is 9.50. The third kappa shape index (κ3) is 11.0. The van der Waals surface area contributed by atoms with Crippen molar-refractivity contribution in [1.82, 2.24) is 0 Å². The van der Waals surface area contributed by atoms with Crippen molar-refractivity contribution < 1.29 is 9.59 Å². The highest BCUT2D eigenvalue weighted by atomic mass is 16.1. The van der Waals surface area contributed by atoms with Gasteiger partial charge in [0, 0.05) is 18.3 Å². The van der Waals surface area contributed by atoms with Crippen molar-refractivity contribution in [1.29, 1.82) is 0 Å². The normalized spacial score (nSPS) is 14.0. The average Bonchev–Trinajstić information content (AvgIpc) is 2.49. The molecule has 0 aliphatic rings. The highest BCUT2D eigenvalue weighted by Crippen LogP contribution is 2.23. The molecule has 0 spiro atoms. The molecule has 2 atom stereocenters. The summed E-state index contributed by atoms with van der Waals surface area (Å²) in [6.45, 7) is 8.43. The lowest BCUT2D eigenvalue weighted by molar-refractivity contribution is -0.125. The first-order chi connectivity index (χ1) is 10.5. The lowest BCUT2D eigenvalue weighted by Gasteiger charge is -2.20. The number of hydrogen-bond acceptors (Lipinski definition) is 2. The van der Waals surface area contributed by atoms with Crippen molar-refractivity contribution in [3.05, 3.63) is 0 Å². The zero-order valence-electron chi connectivity index (χ0n) is 15.4. The third-order valence-electron chi connectivity index (χ3n) is 4.66. The minimum Gasteiger partial charge on any atom is -0.303 e. The Balaban J connectivity index is 3.82. The minimum absolute atomic E-state index is 0.0807. The van der Waals surface area contributed by atoms with Crippen LogP contribution in [0.2, 0.25) is 0 Å². The molecule has 0 aliphatic heterocycles. The predicted molar refractivity (Wildman–Crippen MR) is 95.0 cm³/mol. The summed E-state index contributed by atoms with van der Waals surface area (Å²) in [6.07, 6.45) is 13.6. The second-order valence-electron chi connectivity index (χ2n) is 7.23. The zero-order valence-corrected chi connectivity index (χ0v) is 15.4. The van der Waals surface area contributed by atoms with E-state index < -0.39 is 0 Å². The van der Waals surface area contributed by atoms with Gasteiger partial charge in [-0.1, -0.05) is 72.6 Å². The largest absolute Gasteiger partial charge is 0.303 e. The Kier molecular flexibility index (Phi) is 13.5. The number of aldehydes is 1. The van der Waals surface area contributed by atoms with Gasteiger partial charge in [-0.2, -0.15) is 0 Å². The molecule has 22 heavy (non-hydrogen) atoms. The monoisotopic (exact) mass is 310 g/mol. The molecule has 2 unspecified atom stereocenters. The standard InChI is InChI=1S/C20H38O2/c1-5-6-7-8-9-10-11-12-13-20(22)19(17(2)3)15-14-18(4)16-21/h16-19H,5-15H2,1-4H3. The van der Waals surface area contributed by atoms with Gasteiger partial charge in [0.25, 0.3) is 0 Å². The Hall–Kier alpha value is -0.660. The Morgan fingerprint density at radius 1 is 0.864 bits per heavy atom. The van der Waals surface area contributed by atoms with E-state index in [0.29, 0.717) is 11.7 Å². The summed E-state index contributed by atoms with van der Waals surface area (Å²) < 4.78 is 0. The molecular formula is C20H38O2. The fourth-order valence-corrected chi connectivity index (χ4v) is 3.00. The van der Waals surface area contributed by atoms with Gasteiger partial charge in [0.15, 0.2) is 0 Å². The molecule has 0 aromatic carbocycles. The first-order valence-electron chi connectivity index (χ1n) is 9.50. The molecule has 0 aromatic heterocycles. The first kappa shape index (κ1) is 21.3. The summed E-state index contributed by atoms with van der Waals surface area (Å²) in [4.78, 5) is 23.1. The molecule has 0 N–H and O–H groups in total. The van der Waals surface area contributed by atoms with Crippen LogP contribution in [0.25, 0.3) is 0 Å². The van der Waals surface area contributed by atoms with Crippen molar-refractivity contribution in [3.63, 3.8) is 0 Å². The van der Waals surface area contributed by atoms with Gasteiger partial charge in [-0.05, 0) is 25.2 Å². The van der Waals surface area contributed by atoms with Crippen LogP contribution in [-0.2, 0) is 9.59 Å². The van der Waals surface area contributed by atoms with E-state index in [0.717, 1.165) is 32.0 Å². The molecule has 130 valence electrons. The Labute approximate surface area is 138 Å².